The number of hydrogen-bond acceptors (Lipinski definition) is 5. The fraction of sp³-hybridized carbons (Fsp3) is 0.385. The quantitative estimate of drug-likeness (QED) is 0.627. The number of benzene rings is 1. The van der Waals surface area contributed by atoms with Crippen molar-refractivity contribution >= 4 is 17.4 Å². The zero-order valence-electron chi connectivity index (χ0n) is 11.5. The van der Waals surface area contributed by atoms with Crippen LogP contribution in [0, 0.1) is 0 Å². The van der Waals surface area contributed by atoms with Crippen molar-refractivity contribution in [2.24, 2.45) is 0 Å². The van der Waals surface area contributed by atoms with Gasteiger partial charge in [0.1, 0.15) is 5.75 Å². The highest BCUT2D eigenvalue weighted by atomic mass is 32.2. The fourth-order valence-corrected chi connectivity index (χ4v) is 2.83. The molecule has 1 heterocycles. The Morgan fingerprint density at radius 2 is 2.25 bits per heavy atom. The second kappa shape index (κ2) is 6.51. The molecule has 6 nitrogen and oxygen atoms in total. The van der Waals surface area contributed by atoms with Gasteiger partial charge >= 0.3 is 5.69 Å². The molecule has 0 spiro atoms. The van der Waals surface area contributed by atoms with Crippen LogP contribution in [0.2, 0.25) is 0 Å². The van der Waals surface area contributed by atoms with Gasteiger partial charge in [0.25, 0.3) is 0 Å². The molecule has 2 aromatic rings. The first-order valence-electron chi connectivity index (χ1n) is 6.44. The minimum Gasteiger partial charge on any atom is -0.494 e. The van der Waals surface area contributed by atoms with Crippen molar-refractivity contribution < 1.29 is 4.74 Å². The minimum absolute atomic E-state index is 0.187. The average Bonchev–Trinajstić information content (AvgIpc) is 2.79. The number of aromatic nitrogens is 3. The van der Waals surface area contributed by atoms with E-state index in [0.29, 0.717) is 29.7 Å². The van der Waals surface area contributed by atoms with Crippen LogP contribution in [0.1, 0.15) is 19.4 Å². The van der Waals surface area contributed by atoms with Gasteiger partial charge in [0.2, 0.25) is 0 Å². The highest BCUT2D eigenvalue weighted by Crippen LogP contribution is 2.28. The number of aromatic amines is 1. The lowest BCUT2D eigenvalue weighted by atomic mass is 10.2. The molecule has 108 valence electrons. The van der Waals surface area contributed by atoms with Gasteiger partial charge in [-0.15, -0.1) is 5.10 Å². The summed E-state index contributed by atoms with van der Waals surface area (Å²) in [5.41, 5.74) is 7.31. The maximum atomic E-state index is 11.5. The largest absolute Gasteiger partial charge is 0.494 e. The lowest BCUT2D eigenvalue weighted by molar-refractivity contribution is 0.337. The molecule has 0 bridgehead atoms. The summed E-state index contributed by atoms with van der Waals surface area (Å²) in [4.78, 5) is 11.5. The first-order valence-corrected chi connectivity index (χ1v) is 7.43. The molecule has 0 aliphatic carbocycles. The van der Waals surface area contributed by atoms with Gasteiger partial charge in [-0.1, -0.05) is 11.8 Å². The Bertz CT molecular complexity index is 636. The van der Waals surface area contributed by atoms with Gasteiger partial charge in [0.05, 0.1) is 6.61 Å². The SMILES string of the molecule is CCOc1ccc(N)cc1CSc1n[nH]c(=O)n1CC. The molecule has 0 aliphatic rings. The maximum absolute atomic E-state index is 11.5. The molecule has 1 aromatic heterocycles. The number of nitrogen functional groups attached to an aromatic ring is 1. The number of anilines is 1. The molecule has 7 heteroatoms. The number of nitrogens with zero attached hydrogens (tertiary/aromatic N) is 2. The Morgan fingerprint density at radius 1 is 1.45 bits per heavy atom. The Balaban J connectivity index is 2.17. The standard InChI is InChI=1S/C13H18N4O2S/c1-3-17-12(18)15-16-13(17)20-8-9-7-10(14)5-6-11(9)19-4-2/h5-7H,3-4,8,14H2,1-2H3,(H,15,18). The predicted octanol–water partition coefficient (Wildman–Crippen LogP) is 1.86. The Labute approximate surface area is 121 Å². The van der Waals surface area contributed by atoms with Crippen LogP contribution in [0.5, 0.6) is 5.75 Å². The van der Waals surface area contributed by atoms with Crippen molar-refractivity contribution in [1.82, 2.24) is 14.8 Å². The lowest BCUT2D eigenvalue weighted by Crippen LogP contribution is -2.16. The fourth-order valence-electron chi connectivity index (χ4n) is 1.84. The van der Waals surface area contributed by atoms with Crippen LogP contribution in [0.15, 0.2) is 28.2 Å². The summed E-state index contributed by atoms with van der Waals surface area (Å²) in [5.74, 6) is 1.46. The molecule has 0 aliphatic heterocycles. The van der Waals surface area contributed by atoms with Crippen molar-refractivity contribution in [2.45, 2.75) is 31.3 Å². The van der Waals surface area contributed by atoms with E-state index in [-0.39, 0.29) is 5.69 Å². The normalized spacial score (nSPS) is 10.7. The third-order valence-corrected chi connectivity index (χ3v) is 3.81. The average molecular weight is 294 g/mol. The van der Waals surface area contributed by atoms with E-state index in [1.54, 1.807) is 4.57 Å². The molecule has 0 saturated heterocycles. The number of rotatable bonds is 6. The molecular weight excluding hydrogens is 276 g/mol. The summed E-state index contributed by atoms with van der Waals surface area (Å²) in [5, 5.41) is 7.14. The first kappa shape index (κ1) is 14.5. The Kier molecular flexibility index (Phi) is 4.73. The minimum atomic E-state index is -0.187. The summed E-state index contributed by atoms with van der Waals surface area (Å²) in [6, 6.07) is 5.57. The molecule has 2 rings (SSSR count). The molecule has 0 unspecified atom stereocenters. The van der Waals surface area contributed by atoms with Crippen LogP contribution in [-0.4, -0.2) is 21.4 Å². The number of nitrogens with one attached hydrogen (secondary N) is 1. The van der Waals surface area contributed by atoms with Gasteiger partial charge in [-0.25, -0.2) is 9.89 Å². The molecule has 0 amide bonds. The van der Waals surface area contributed by atoms with E-state index in [0.717, 1.165) is 11.3 Å². The summed E-state index contributed by atoms with van der Waals surface area (Å²) in [7, 11) is 0. The van der Waals surface area contributed by atoms with E-state index in [1.807, 2.05) is 32.0 Å². The van der Waals surface area contributed by atoms with Crippen LogP contribution in [-0.2, 0) is 12.3 Å². The van der Waals surface area contributed by atoms with Crippen molar-refractivity contribution in [3.8, 4) is 5.75 Å². The third-order valence-electron chi connectivity index (χ3n) is 2.78. The number of thioether (sulfide) groups is 1. The second-order valence-electron chi connectivity index (χ2n) is 4.14. The van der Waals surface area contributed by atoms with E-state index in [4.69, 9.17) is 10.5 Å². The van der Waals surface area contributed by atoms with E-state index < -0.39 is 0 Å². The summed E-state index contributed by atoms with van der Waals surface area (Å²) in [6.45, 7) is 5.04. The summed E-state index contributed by atoms with van der Waals surface area (Å²) >= 11 is 1.48. The smallest absolute Gasteiger partial charge is 0.343 e. The number of hydrogen-bond donors (Lipinski definition) is 2. The van der Waals surface area contributed by atoms with Gasteiger partial charge in [-0.2, -0.15) is 0 Å². The third kappa shape index (κ3) is 3.16. The number of nitrogens with two attached hydrogens (primary N) is 1. The summed E-state index contributed by atoms with van der Waals surface area (Å²) in [6.07, 6.45) is 0. The van der Waals surface area contributed by atoms with Crippen molar-refractivity contribution in [1.29, 1.82) is 0 Å². The topological polar surface area (TPSA) is 85.9 Å². The van der Waals surface area contributed by atoms with Crippen molar-refractivity contribution in [2.75, 3.05) is 12.3 Å². The molecule has 20 heavy (non-hydrogen) atoms. The van der Waals surface area contributed by atoms with Gasteiger partial charge in [0.15, 0.2) is 5.16 Å². The van der Waals surface area contributed by atoms with E-state index in [1.165, 1.54) is 11.8 Å². The van der Waals surface area contributed by atoms with Crippen LogP contribution >= 0.6 is 11.8 Å². The second-order valence-corrected chi connectivity index (χ2v) is 5.09. The number of H-pyrrole nitrogens is 1. The van der Waals surface area contributed by atoms with Gasteiger partial charge in [0, 0.05) is 23.5 Å². The van der Waals surface area contributed by atoms with Crippen LogP contribution in [0.25, 0.3) is 0 Å². The van der Waals surface area contributed by atoms with Gasteiger partial charge < -0.3 is 10.5 Å². The molecule has 3 N–H and O–H groups in total. The summed E-state index contributed by atoms with van der Waals surface area (Å²) < 4.78 is 7.17. The molecule has 0 atom stereocenters. The van der Waals surface area contributed by atoms with Gasteiger partial charge in [-0.05, 0) is 32.0 Å². The van der Waals surface area contributed by atoms with E-state index >= 15 is 0 Å². The maximum Gasteiger partial charge on any atom is 0.343 e. The van der Waals surface area contributed by atoms with Gasteiger partial charge in [-0.3, -0.25) is 4.57 Å². The van der Waals surface area contributed by atoms with E-state index in [2.05, 4.69) is 10.2 Å². The lowest BCUT2D eigenvalue weighted by Gasteiger charge is -2.10. The van der Waals surface area contributed by atoms with Crippen molar-refractivity contribution in [3.63, 3.8) is 0 Å². The molecular formula is C13H18N4O2S. The zero-order chi connectivity index (χ0) is 14.5. The monoisotopic (exact) mass is 294 g/mol. The Hall–Kier alpha value is -1.89. The van der Waals surface area contributed by atoms with Crippen molar-refractivity contribution in [3.05, 3.63) is 34.2 Å². The molecule has 0 saturated carbocycles. The molecule has 1 aromatic carbocycles. The first-order chi connectivity index (χ1) is 9.65. The number of ether oxygens (including phenoxy) is 1. The highest BCUT2D eigenvalue weighted by molar-refractivity contribution is 7.98. The van der Waals surface area contributed by atoms with Crippen LogP contribution < -0.4 is 16.2 Å². The molecule has 0 radical (unpaired) electrons. The van der Waals surface area contributed by atoms with E-state index in [9.17, 15) is 4.79 Å². The highest BCUT2D eigenvalue weighted by Gasteiger charge is 2.10. The van der Waals surface area contributed by atoms with Crippen LogP contribution in [0.3, 0.4) is 0 Å². The molecule has 0 fully saturated rings. The zero-order valence-corrected chi connectivity index (χ0v) is 12.4. The Morgan fingerprint density at radius 3 is 2.95 bits per heavy atom. The predicted molar refractivity (Wildman–Crippen MR) is 80.1 cm³/mol. The van der Waals surface area contributed by atoms with Crippen LogP contribution in [0.4, 0.5) is 5.69 Å².